The summed E-state index contributed by atoms with van der Waals surface area (Å²) in [4.78, 5) is 0. The van der Waals surface area contributed by atoms with Gasteiger partial charge in [0.25, 0.3) is 0 Å². The molecule has 0 bridgehead atoms. The van der Waals surface area contributed by atoms with Crippen LogP contribution in [-0.2, 0) is 13.0 Å². The molecule has 0 unspecified atom stereocenters. The van der Waals surface area contributed by atoms with Crippen molar-refractivity contribution in [1.29, 1.82) is 0 Å². The smallest absolute Gasteiger partial charge is 0.0400 e. The molecule has 124 valence electrons. The van der Waals surface area contributed by atoms with Crippen LogP contribution in [0.15, 0.2) is 62.2 Å². The summed E-state index contributed by atoms with van der Waals surface area (Å²) in [5.41, 5.74) is 9.09. The molecular formula is C23H27N. The van der Waals surface area contributed by atoms with Crippen molar-refractivity contribution in [3.8, 4) is 0 Å². The van der Waals surface area contributed by atoms with Gasteiger partial charge in [0.15, 0.2) is 0 Å². The molecule has 1 N–H and O–H groups in total. The summed E-state index contributed by atoms with van der Waals surface area (Å²) in [5.74, 6) is 0. The van der Waals surface area contributed by atoms with Gasteiger partial charge in [-0.15, -0.1) is 0 Å². The Morgan fingerprint density at radius 2 is 1.46 bits per heavy atom. The number of benzene rings is 2. The van der Waals surface area contributed by atoms with E-state index in [-0.39, 0.29) is 0 Å². The molecule has 0 aromatic heterocycles. The van der Waals surface area contributed by atoms with Gasteiger partial charge < -0.3 is 5.32 Å². The summed E-state index contributed by atoms with van der Waals surface area (Å²) in [6.07, 6.45) is 1.01. The maximum atomic E-state index is 4.24. The second-order valence-corrected chi connectivity index (χ2v) is 6.32. The number of rotatable bonds is 7. The fourth-order valence-corrected chi connectivity index (χ4v) is 2.64. The molecule has 0 atom stereocenters. The molecule has 0 heterocycles. The summed E-state index contributed by atoms with van der Waals surface area (Å²) in [5, 5.41) is 3.45. The Morgan fingerprint density at radius 3 is 2.00 bits per heavy atom. The second-order valence-electron chi connectivity index (χ2n) is 6.32. The minimum absolute atomic E-state index is 0.751. The number of hydrogen-bond donors (Lipinski definition) is 1. The van der Waals surface area contributed by atoms with Crippen LogP contribution in [0, 0.1) is 0 Å². The third-order valence-corrected chi connectivity index (χ3v) is 4.23. The van der Waals surface area contributed by atoms with Crippen LogP contribution in [0.4, 0.5) is 0 Å². The van der Waals surface area contributed by atoms with Crippen molar-refractivity contribution < 1.29 is 0 Å². The standard InChI is InChI=1S/C23H27N/c1-7-19-10-13-22(17(4)5)23(14-19)18(6)24-15-20-8-11-21(12-9-20)16(2)3/h8-14,24H,2,4,6-7,15H2,1,3,5H3. The topological polar surface area (TPSA) is 12.0 Å². The highest BCUT2D eigenvalue weighted by Crippen LogP contribution is 2.24. The van der Waals surface area contributed by atoms with Gasteiger partial charge in [0, 0.05) is 17.8 Å². The molecule has 0 amide bonds. The molecule has 0 radical (unpaired) electrons. The maximum absolute atomic E-state index is 4.24. The fourth-order valence-electron chi connectivity index (χ4n) is 2.64. The quantitative estimate of drug-likeness (QED) is 0.653. The van der Waals surface area contributed by atoms with Crippen LogP contribution >= 0.6 is 0 Å². The van der Waals surface area contributed by atoms with E-state index >= 15 is 0 Å². The predicted octanol–water partition coefficient (Wildman–Crippen LogP) is 6.08. The van der Waals surface area contributed by atoms with Crippen LogP contribution in [0.3, 0.4) is 0 Å². The number of nitrogens with one attached hydrogen (secondary N) is 1. The van der Waals surface area contributed by atoms with Crippen LogP contribution in [0.25, 0.3) is 16.8 Å². The van der Waals surface area contributed by atoms with Gasteiger partial charge in [0.05, 0.1) is 0 Å². The van der Waals surface area contributed by atoms with Crippen molar-refractivity contribution in [3.63, 3.8) is 0 Å². The molecule has 1 heteroatoms. The molecule has 2 aromatic carbocycles. The lowest BCUT2D eigenvalue weighted by molar-refractivity contribution is 0.890. The Hall–Kier alpha value is -2.54. The van der Waals surface area contributed by atoms with Crippen molar-refractivity contribution in [2.75, 3.05) is 0 Å². The van der Waals surface area contributed by atoms with E-state index in [4.69, 9.17) is 0 Å². The van der Waals surface area contributed by atoms with Gasteiger partial charge in [-0.1, -0.05) is 74.2 Å². The first-order chi connectivity index (χ1) is 11.4. The molecule has 0 fully saturated rings. The molecule has 2 rings (SSSR count). The third-order valence-electron chi connectivity index (χ3n) is 4.23. The summed E-state index contributed by atoms with van der Waals surface area (Å²) >= 11 is 0. The van der Waals surface area contributed by atoms with Crippen molar-refractivity contribution in [3.05, 3.63) is 90.0 Å². The van der Waals surface area contributed by atoms with Crippen LogP contribution < -0.4 is 5.32 Å². The van der Waals surface area contributed by atoms with E-state index in [0.717, 1.165) is 40.9 Å². The van der Waals surface area contributed by atoms with Crippen molar-refractivity contribution in [1.82, 2.24) is 5.32 Å². The minimum Gasteiger partial charge on any atom is -0.381 e. The average Bonchev–Trinajstić information content (AvgIpc) is 2.59. The molecule has 0 saturated carbocycles. The number of allylic oxidation sites excluding steroid dienone is 2. The van der Waals surface area contributed by atoms with Gasteiger partial charge >= 0.3 is 0 Å². The monoisotopic (exact) mass is 317 g/mol. The Kier molecular flexibility index (Phi) is 5.81. The molecular weight excluding hydrogens is 290 g/mol. The molecule has 2 aromatic rings. The van der Waals surface area contributed by atoms with E-state index in [1.165, 1.54) is 16.7 Å². The lowest BCUT2D eigenvalue weighted by atomic mass is 9.96. The zero-order valence-electron chi connectivity index (χ0n) is 15.1. The minimum atomic E-state index is 0.751. The maximum Gasteiger partial charge on any atom is 0.0400 e. The van der Waals surface area contributed by atoms with Crippen LogP contribution in [0.1, 0.15) is 48.6 Å². The molecule has 0 spiro atoms. The van der Waals surface area contributed by atoms with Crippen LogP contribution in [0.2, 0.25) is 0 Å². The van der Waals surface area contributed by atoms with E-state index in [9.17, 15) is 0 Å². The largest absolute Gasteiger partial charge is 0.381 e. The van der Waals surface area contributed by atoms with Gasteiger partial charge in [-0.05, 0) is 48.6 Å². The first-order valence-electron chi connectivity index (χ1n) is 8.39. The van der Waals surface area contributed by atoms with Crippen molar-refractivity contribution >= 4 is 16.8 Å². The zero-order valence-corrected chi connectivity index (χ0v) is 15.1. The van der Waals surface area contributed by atoms with E-state index in [2.05, 4.69) is 74.4 Å². The third kappa shape index (κ3) is 4.26. The molecule has 0 saturated heterocycles. The van der Waals surface area contributed by atoms with Gasteiger partial charge in [-0.3, -0.25) is 0 Å². The van der Waals surface area contributed by atoms with Gasteiger partial charge in [-0.2, -0.15) is 0 Å². The Labute approximate surface area is 146 Å². The van der Waals surface area contributed by atoms with Crippen LogP contribution in [-0.4, -0.2) is 0 Å². The average molecular weight is 317 g/mol. The second kappa shape index (κ2) is 7.83. The first kappa shape index (κ1) is 17.8. The normalized spacial score (nSPS) is 10.3. The highest BCUT2D eigenvalue weighted by molar-refractivity contribution is 5.77. The Bertz CT molecular complexity index is 763. The lowest BCUT2D eigenvalue weighted by Crippen LogP contribution is -2.12. The SMILES string of the molecule is C=C(C)c1ccc(CNC(=C)c2cc(CC)ccc2C(=C)C)cc1. The van der Waals surface area contributed by atoms with E-state index in [1.807, 2.05) is 13.8 Å². The zero-order chi connectivity index (χ0) is 17.7. The first-order valence-corrected chi connectivity index (χ1v) is 8.39. The van der Waals surface area contributed by atoms with Gasteiger partial charge in [0.1, 0.15) is 0 Å². The molecule has 0 aliphatic carbocycles. The van der Waals surface area contributed by atoms with Gasteiger partial charge in [0.2, 0.25) is 0 Å². The number of aryl methyl sites for hydroxylation is 1. The molecule has 0 aliphatic heterocycles. The lowest BCUT2D eigenvalue weighted by Gasteiger charge is -2.16. The molecule has 0 aliphatic rings. The summed E-state index contributed by atoms with van der Waals surface area (Å²) < 4.78 is 0. The van der Waals surface area contributed by atoms with Crippen molar-refractivity contribution in [2.24, 2.45) is 0 Å². The van der Waals surface area contributed by atoms with E-state index < -0.39 is 0 Å². The van der Waals surface area contributed by atoms with Crippen LogP contribution in [0.5, 0.6) is 0 Å². The van der Waals surface area contributed by atoms with Crippen molar-refractivity contribution in [2.45, 2.75) is 33.7 Å². The van der Waals surface area contributed by atoms with E-state index in [1.54, 1.807) is 0 Å². The number of hydrogen-bond acceptors (Lipinski definition) is 1. The Balaban J connectivity index is 2.14. The molecule has 1 nitrogen and oxygen atoms in total. The molecule has 24 heavy (non-hydrogen) atoms. The summed E-state index contributed by atoms with van der Waals surface area (Å²) in [6, 6.07) is 15.0. The predicted molar refractivity (Wildman–Crippen MR) is 108 cm³/mol. The highest BCUT2D eigenvalue weighted by atomic mass is 14.9. The fraction of sp³-hybridized carbons (Fsp3) is 0.217. The van der Waals surface area contributed by atoms with Gasteiger partial charge in [-0.25, -0.2) is 0 Å². The Morgan fingerprint density at radius 1 is 0.833 bits per heavy atom. The highest BCUT2D eigenvalue weighted by Gasteiger charge is 2.08. The summed E-state index contributed by atoms with van der Waals surface area (Å²) in [6.45, 7) is 19.3. The summed E-state index contributed by atoms with van der Waals surface area (Å²) in [7, 11) is 0. The van der Waals surface area contributed by atoms with E-state index in [0.29, 0.717) is 0 Å².